The van der Waals surface area contributed by atoms with Gasteiger partial charge in [-0.1, -0.05) is 0 Å². The predicted octanol–water partition coefficient (Wildman–Crippen LogP) is 3.28. The molecule has 0 atom stereocenters. The molecule has 4 rings (SSSR count). The smallest absolute Gasteiger partial charge is 0.187 e. The highest BCUT2D eigenvalue weighted by Gasteiger charge is 2.39. The number of nitrogens with one attached hydrogen (secondary N) is 1. The van der Waals surface area contributed by atoms with Crippen LogP contribution in [0.15, 0.2) is 34.8 Å². The number of aromatic amines is 1. The van der Waals surface area contributed by atoms with Crippen LogP contribution in [0.2, 0.25) is 0 Å². The third kappa shape index (κ3) is 2.66. The van der Waals surface area contributed by atoms with E-state index in [9.17, 15) is 9.59 Å². The molecule has 2 aromatic rings. The summed E-state index contributed by atoms with van der Waals surface area (Å²) < 4.78 is 5.16. The summed E-state index contributed by atoms with van der Waals surface area (Å²) in [4.78, 5) is 37.1. The number of allylic oxidation sites excluding steroid dienone is 1. The van der Waals surface area contributed by atoms with Gasteiger partial charge in [-0.3, -0.25) is 14.6 Å². The number of carbonyl (C=O) groups is 2. The zero-order valence-corrected chi connectivity index (χ0v) is 15.4. The van der Waals surface area contributed by atoms with Crippen molar-refractivity contribution in [2.24, 2.45) is 4.99 Å². The molecule has 0 radical (unpaired) electrons. The number of hydrogen-bond donors (Lipinski definition) is 1. The average Bonchev–Trinajstić information content (AvgIpc) is 3.05. The number of aliphatic imine (C=N–C) groups is 1. The van der Waals surface area contributed by atoms with Gasteiger partial charge in [0.05, 0.1) is 12.8 Å². The Morgan fingerprint density at radius 3 is 2.50 bits per heavy atom. The van der Waals surface area contributed by atoms with E-state index in [-0.39, 0.29) is 30.4 Å². The number of hydrogen-bond acceptors (Lipinski definition) is 5. The van der Waals surface area contributed by atoms with E-state index in [1.165, 1.54) is 0 Å². The lowest BCUT2D eigenvalue weighted by Gasteiger charge is -2.27. The summed E-state index contributed by atoms with van der Waals surface area (Å²) in [5, 5.41) is 0. The molecule has 2 aliphatic rings. The summed E-state index contributed by atoms with van der Waals surface area (Å²) in [5.74, 6) is 1.07. The lowest BCUT2D eigenvalue weighted by molar-refractivity contribution is -0.119. The number of ether oxygens (including phenoxy) is 1. The molecule has 0 saturated carbocycles. The Labute approximate surface area is 156 Å². The first-order valence-corrected chi connectivity index (χ1v) is 8.02. The van der Waals surface area contributed by atoms with Gasteiger partial charge in [0.25, 0.3) is 0 Å². The SMILES string of the molecule is COc1ccc(-c2nc3c([nH]2)C2=C(CC3=O)C(=O)C(C)(C)N=C2)cc1.Cl. The van der Waals surface area contributed by atoms with Crippen LogP contribution >= 0.6 is 12.4 Å². The lowest BCUT2D eigenvalue weighted by atomic mass is 9.81. The zero-order chi connectivity index (χ0) is 17.8. The fourth-order valence-electron chi connectivity index (χ4n) is 3.14. The van der Waals surface area contributed by atoms with Gasteiger partial charge < -0.3 is 9.72 Å². The van der Waals surface area contributed by atoms with Crippen molar-refractivity contribution in [1.82, 2.24) is 9.97 Å². The van der Waals surface area contributed by atoms with Gasteiger partial charge in [0.2, 0.25) is 0 Å². The first-order chi connectivity index (χ1) is 11.9. The van der Waals surface area contributed by atoms with Crippen molar-refractivity contribution in [3.63, 3.8) is 0 Å². The standard InChI is InChI=1S/C19H17N3O3.ClH/c1-19(2)17(24)12-8-14(23)16-15(13(12)9-20-19)21-18(22-16)10-4-6-11(25-3)7-5-10;/h4-7,9H,8H2,1-3H3,(H,21,22);1H. The first kappa shape index (κ1) is 18.1. The summed E-state index contributed by atoms with van der Waals surface area (Å²) in [6.45, 7) is 3.51. The van der Waals surface area contributed by atoms with Gasteiger partial charge in [0.1, 0.15) is 22.8 Å². The Morgan fingerprint density at radius 2 is 1.85 bits per heavy atom. The van der Waals surface area contributed by atoms with Gasteiger partial charge >= 0.3 is 0 Å². The van der Waals surface area contributed by atoms with E-state index >= 15 is 0 Å². The van der Waals surface area contributed by atoms with Crippen molar-refractivity contribution in [2.75, 3.05) is 7.11 Å². The fraction of sp³-hybridized carbons (Fsp3) is 0.263. The molecule has 134 valence electrons. The second-order valence-electron chi connectivity index (χ2n) is 6.68. The van der Waals surface area contributed by atoms with Gasteiger partial charge in [0.15, 0.2) is 11.6 Å². The number of fused-ring (bicyclic) bond motifs is 2. The van der Waals surface area contributed by atoms with Gasteiger partial charge in [0, 0.05) is 29.3 Å². The maximum absolute atomic E-state index is 12.6. The van der Waals surface area contributed by atoms with Gasteiger partial charge in [-0.05, 0) is 38.1 Å². The fourth-order valence-corrected chi connectivity index (χ4v) is 3.14. The summed E-state index contributed by atoms with van der Waals surface area (Å²) in [6, 6.07) is 7.40. The molecular weight excluding hydrogens is 354 g/mol. The maximum atomic E-state index is 12.6. The highest BCUT2D eigenvalue weighted by Crippen LogP contribution is 2.36. The van der Waals surface area contributed by atoms with E-state index in [0.717, 1.165) is 11.3 Å². The number of H-pyrrole nitrogens is 1. The molecule has 0 amide bonds. The van der Waals surface area contributed by atoms with Crippen LogP contribution in [0.3, 0.4) is 0 Å². The average molecular weight is 372 g/mol. The number of ketones is 2. The van der Waals surface area contributed by atoms with Crippen LogP contribution in [0.1, 0.15) is 36.5 Å². The molecule has 1 aromatic heterocycles. The van der Waals surface area contributed by atoms with E-state index in [1.54, 1.807) is 27.2 Å². The van der Waals surface area contributed by atoms with E-state index in [4.69, 9.17) is 4.74 Å². The quantitative estimate of drug-likeness (QED) is 0.877. The normalized spacial score (nSPS) is 17.5. The monoisotopic (exact) mass is 371 g/mol. The van der Waals surface area contributed by atoms with E-state index in [0.29, 0.717) is 28.4 Å². The molecule has 0 spiro atoms. The topological polar surface area (TPSA) is 84.4 Å². The molecular formula is C19H18ClN3O3. The number of benzene rings is 1. The molecule has 1 N–H and O–H groups in total. The minimum atomic E-state index is -0.824. The van der Waals surface area contributed by atoms with Crippen molar-refractivity contribution in [2.45, 2.75) is 25.8 Å². The third-order valence-electron chi connectivity index (χ3n) is 4.61. The molecule has 1 aromatic carbocycles. The van der Waals surface area contributed by atoms with E-state index < -0.39 is 5.54 Å². The van der Waals surface area contributed by atoms with Crippen LogP contribution in [0, 0.1) is 0 Å². The molecule has 7 heteroatoms. The van der Waals surface area contributed by atoms with Crippen LogP contribution in [0.5, 0.6) is 5.75 Å². The summed E-state index contributed by atoms with van der Waals surface area (Å²) in [5.41, 5.74) is 2.14. The highest BCUT2D eigenvalue weighted by molar-refractivity contribution is 6.29. The van der Waals surface area contributed by atoms with Crippen LogP contribution < -0.4 is 4.74 Å². The minimum absolute atomic E-state index is 0. The van der Waals surface area contributed by atoms with Crippen LogP contribution in [0.25, 0.3) is 17.0 Å². The Kier molecular flexibility index (Phi) is 4.32. The van der Waals surface area contributed by atoms with Crippen molar-refractivity contribution in [1.29, 1.82) is 0 Å². The Hall–Kier alpha value is -2.73. The van der Waals surface area contributed by atoms with E-state index in [1.807, 2.05) is 24.3 Å². The highest BCUT2D eigenvalue weighted by atomic mass is 35.5. The summed E-state index contributed by atoms with van der Waals surface area (Å²) in [6.07, 6.45) is 1.75. The number of aromatic nitrogens is 2. The largest absolute Gasteiger partial charge is 0.497 e. The number of halogens is 1. The molecule has 0 unspecified atom stereocenters. The van der Waals surface area contributed by atoms with Crippen molar-refractivity contribution in [3.8, 4) is 17.1 Å². The molecule has 6 nitrogen and oxygen atoms in total. The molecule has 2 heterocycles. The number of carbonyl (C=O) groups excluding carboxylic acids is 2. The van der Waals surface area contributed by atoms with Gasteiger partial charge in [-0.2, -0.15) is 0 Å². The third-order valence-corrected chi connectivity index (χ3v) is 4.61. The Morgan fingerprint density at radius 1 is 1.15 bits per heavy atom. The molecule has 0 fully saturated rings. The van der Waals surface area contributed by atoms with E-state index in [2.05, 4.69) is 15.0 Å². The number of dihydropyridines is 1. The van der Waals surface area contributed by atoms with Crippen LogP contribution in [-0.4, -0.2) is 40.4 Å². The van der Waals surface area contributed by atoms with Gasteiger partial charge in [-0.25, -0.2) is 4.98 Å². The van der Waals surface area contributed by atoms with Crippen LogP contribution in [-0.2, 0) is 4.79 Å². The number of Topliss-reactive ketones (excluding diaryl/α,β-unsaturated/α-hetero) is 2. The first-order valence-electron chi connectivity index (χ1n) is 8.02. The molecule has 0 bridgehead atoms. The Balaban J connectivity index is 0.00000196. The molecule has 26 heavy (non-hydrogen) atoms. The maximum Gasteiger partial charge on any atom is 0.187 e. The number of methoxy groups -OCH3 is 1. The van der Waals surface area contributed by atoms with Gasteiger partial charge in [-0.15, -0.1) is 12.4 Å². The molecule has 0 saturated heterocycles. The van der Waals surface area contributed by atoms with Crippen molar-refractivity contribution < 1.29 is 14.3 Å². The summed E-state index contributed by atoms with van der Waals surface area (Å²) in [7, 11) is 1.61. The minimum Gasteiger partial charge on any atom is -0.497 e. The predicted molar refractivity (Wildman–Crippen MR) is 101 cm³/mol. The second kappa shape index (κ2) is 6.21. The molecule has 1 aliphatic carbocycles. The molecule has 1 aliphatic heterocycles. The Bertz CT molecular complexity index is 968. The lowest BCUT2D eigenvalue weighted by Crippen LogP contribution is -2.36. The van der Waals surface area contributed by atoms with Crippen molar-refractivity contribution in [3.05, 3.63) is 41.2 Å². The summed E-state index contributed by atoms with van der Waals surface area (Å²) >= 11 is 0. The second-order valence-corrected chi connectivity index (χ2v) is 6.68. The van der Waals surface area contributed by atoms with Crippen LogP contribution in [0.4, 0.5) is 0 Å². The number of rotatable bonds is 2. The number of imidazole rings is 1. The number of nitrogens with zero attached hydrogens (tertiary/aromatic N) is 2. The zero-order valence-electron chi connectivity index (χ0n) is 14.6. The van der Waals surface area contributed by atoms with Crippen molar-refractivity contribution >= 4 is 35.8 Å².